The first-order valence-corrected chi connectivity index (χ1v) is 5.71. The molecule has 3 heteroatoms. The molecule has 80 valence electrons. The van der Waals surface area contributed by atoms with E-state index in [9.17, 15) is 4.39 Å². The highest BCUT2D eigenvalue weighted by Gasteiger charge is 2.29. The molecule has 14 heavy (non-hydrogen) atoms. The van der Waals surface area contributed by atoms with Crippen molar-refractivity contribution in [2.24, 2.45) is 11.8 Å². The Balaban J connectivity index is 2.85. The normalized spacial score (nSPS) is 27.6. The highest BCUT2D eigenvalue weighted by Crippen LogP contribution is 2.35. The quantitative estimate of drug-likeness (QED) is 0.752. The monoisotopic (exact) mass is 262 g/mol. The summed E-state index contributed by atoms with van der Waals surface area (Å²) in [6, 6.07) is 0. The van der Waals surface area contributed by atoms with E-state index in [0.29, 0.717) is 12.5 Å². The van der Waals surface area contributed by atoms with E-state index in [-0.39, 0.29) is 17.8 Å². The van der Waals surface area contributed by atoms with Crippen molar-refractivity contribution in [1.82, 2.24) is 0 Å². The van der Waals surface area contributed by atoms with Gasteiger partial charge in [0.2, 0.25) is 0 Å². The van der Waals surface area contributed by atoms with Crippen LogP contribution in [-0.2, 0) is 4.74 Å². The van der Waals surface area contributed by atoms with Gasteiger partial charge in [0.25, 0.3) is 0 Å². The van der Waals surface area contributed by atoms with Gasteiger partial charge < -0.3 is 4.74 Å². The van der Waals surface area contributed by atoms with Crippen LogP contribution in [0.15, 0.2) is 22.5 Å². The minimum atomic E-state index is -0.216. The van der Waals surface area contributed by atoms with Crippen molar-refractivity contribution in [3.8, 4) is 0 Å². The maximum absolute atomic E-state index is 13.1. The Kier molecular flexibility index (Phi) is 4.32. The van der Waals surface area contributed by atoms with Crippen molar-refractivity contribution >= 4 is 15.9 Å². The zero-order valence-electron chi connectivity index (χ0n) is 8.76. The Bertz CT molecular complexity index is 258. The zero-order chi connectivity index (χ0) is 10.7. The Morgan fingerprint density at radius 3 is 2.71 bits per heavy atom. The molecule has 2 unspecified atom stereocenters. The molecule has 0 saturated carbocycles. The van der Waals surface area contributed by atoms with Gasteiger partial charge in [0.1, 0.15) is 5.83 Å². The third kappa shape index (κ3) is 2.67. The van der Waals surface area contributed by atoms with Crippen LogP contribution >= 0.6 is 15.9 Å². The summed E-state index contributed by atoms with van der Waals surface area (Å²) in [5.41, 5.74) is 0. The fourth-order valence-corrected chi connectivity index (χ4v) is 2.74. The molecular formula is C11H16BrFO. The van der Waals surface area contributed by atoms with E-state index in [0.717, 1.165) is 4.48 Å². The summed E-state index contributed by atoms with van der Waals surface area (Å²) in [6.07, 6.45) is 2.94. The lowest BCUT2D eigenvalue weighted by molar-refractivity contribution is 0.0503. The van der Waals surface area contributed by atoms with E-state index in [2.05, 4.69) is 29.8 Å². The Hall–Kier alpha value is -0.150. The van der Waals surface area contributed by atoms with Crippen LogP contribution in [0.3, 0.4) is 0 Å². The van der Waals surface area contributed by atoms with Gasteiger partial charge in [-0.05, 0) is 25.0 Å². The number of halogens is 2. The fourth-order valence-electron chi connectivity index (χ4n) is 1.74. The molecule has 0 saturated heterocycles. The van der Waals surface area contributed by atoms with Crippen molar-refractivity contribution in [3.63, 3.8) is 0 Å². The van der Waals surface area contributed by atoms with E-state index in [1.165, 1.54) is 6.08 Å². The molecule has 0 radical (unpaired) electrons. The summed E-state index contributed by atoms with van der Waals surface area (Å²) in [5, 5.41) is 0. The van der Waals surface area contributed by atoms with Gasteiger partial charge in [-0.1, -0.05) is 29.8 Å². The average Bonchev–Trinajstić information content (AvgIpc) is 2.01. The first kappa shape index (κ1) is 11.9. The summed E-state index contributed by atoms with van der Waals surface area (Å²) in [7, 11) is 0. The predicted molar refractivity (Wildman–Crippen MR) is 59.9 cm³/mol. The first-order valence-electron chi connectivity index (χ1n) is 4.92. The molecule has 1 aliphatic carbocycles. The molecule has 1 nitrogen and oxygen atoms in total. The molecule has 0 aromatic carbocycles. The maximum atomic E-state index is 13.1. The molecule has 0 aromatic rings. The number of hydrogen-bond acceptors (Lipinski definition) is 1. The molecule has 0 heterocycles. The first-order chi connectivity index (χ1) is 6.56. The Labute approximate surface area is 93.2 Å². The van der Waals surface area contributed by atoms with Crippen LogP contribution in [-0.4, -0.2) is 12.7 Å². The van der Waals surface area contributed by atoms with Crippen LogP contribution in [0.5, 0.6) is 0 Å². The minimum absolute atomic E-state index is 0.139. The molecule has 0 spiro atoms. The number of ether oxygens (including phenoxy) is 1. The summed E-state index contributed by atoms with van der Waals surface area (Å²) < 4.78 is 19.5. The topological polar surface area (TPSA) is 9.23 Å². The number of hydrogen-bond donors (Lipinski definition) is 0. The lowest BCUT2D eigenvalue weighted by atomic mass is 9.87. The van der Waals surface area contributed by atoms with Gasteiger partial charge >= 0.3 is 0 Å². The number of rotatable bonds is 3. The van der Waals surface area contributed by atoms with Gasteiger partial charge in [-0.15, -0.1) is 0 Å². The van der Waals surface area contributed by atoms with Crippen LogP contribution < -0.4 is 0 Å². The van der Waals surface area contributed by atoms with Crippen LogP contribution in [0.25, 0.3) is 0 Å². The molecule has 0 aromatic heterocycles. The van der Waals surface area contributed by atoms with Crippen molar-refractivity contribution in [1.29, 1.82) is 0 Å². The molecule has 1 rings (SSSR count). The average molecular weight is 263 g/mol. The summed E-state index contributed by atoms with van der Waals surface area (Å²) in [5.74, 6) is 0.447. The van der Waals surface area contributed by atoms with Gasteiger partial charge in [-0.3, -0.25) is 0 Å². The van der Waals surface area contributed by atoms with Crippen LogP contribution in [0.1, 0.15) is 20.8 Å². The van der Waals surface area contributed by atoms with E-state index >= 15 is 0 Å². The molecule has 1 aliphatic rings. The molecule has 0 amide bonds. The van der Waals surface area contributed by atoms with Crippen molar-refractivity contribution in [2.75, 3.05) is 6.61 Å². The standard InChI is InChI=1S/C11H16BrFO/c1-4-14-10-6-8(13)5-9(12)11(10)7(2)3/h5-7,10-11H,4H2,1-3H3. The van der Waals surface area contributed by atoms with E-state index in [4.69, 9.17) is 4.74 Å². The van der Waals surface area contributed by atoms with Gasteiger partial charge in [-0.2, -0.15) is 0 Å². The Morgan fingerprint density at radius 2 is 2.21 bits per heavy atom. The lowest BCUT2D eigenvalue weighted by Crippen LogP contribution is -2.29. The molecular weight excluding hydrogens is 247 g/mol. The van der Waals surface area contributed by atoms with Gasteiger partial charge in [0.15, 0.2) is 0 Å². The van der Waals surface area contributed by atoms with E-state index in [1.54, 1.807) is 6.08 Å². The second kappa shape index (κ2) is 5.08. The fraction of sp³-hybridized carbons (Fsp3) is 0.636. The van der Waals surface area contributed by atoms with Crippen LogP contribution in [0.4, 0.5) is 4.39 Å². The summed E-state index contributed by atoms with van der Waals surface area (Å²) in [4.78, 5) is 0. The number of allylic oxidation sites excluding steroid dienone is 2. The van der Waals surface area contributed by atoms with Crippen LogP contribution in [0.2, 0.25) is 0 Å². The molecule has 0 N–H and O–H groups in total. The Morgan fingerprint density at radius 1 is 1.57 bits per heavy atom. The zero-order valence-corrected chi connectivity index (χ0v) is 10.3. The third-order valence-corrected chi connectivity index (χ3v) is 3.11. The van der Waals surface area contributed by atoms with Crippen molar-refractivity contribution < 1.29 is 9.13 Å². The highest BCUT2D eigenvalue weighted by molar-refractivity contribution is 9.11. The van der Waals surface area contributed by atoms with Gasteiger partial charge in [0.05, 0.1) is 6.10 Å². The summed E-state index contributed by atoms with van der Waals surface area (Å²) >= 11 is 3.41. The summed E-state index contributed by atoms with van der Waals surface area (Å²) in [6.45, 7) is 6.76. The van der Waals surface area contributed by atoms with Crippen molar-refractivity contribution in [3.05, 3.63) is 22.5 Å². The predicted octanol–water partition coefficient (Wildman–Crippen LogP) is 3.81. The van der Waals surface area contributed by atoms with Gasteiger partial charge in [0, 0.05) is 17.0 Å². The molecule has 0 aliphatic heterocycles. The maximum Gasteiger partial charge on any atom is 0.122 e. The van der Waals surface area contributed by atoms with E-state index < -0.39 is 0 Å². The van der Waals surface area contributed by atoms with Crippen LogP contribution in [0, 0.1) is 11.8 Å². The molecule has 0 fully saturated rings. The van der Waals surface area contributed by atoms with Crippen molar-refractivity contribution in [2.45, 2.75) is 26.9 Å². The van der Waals surface area contributed by atoms with Gasteiger partial charge in [-0.25, -0.2) is 4.39 Å². The SMILES string of the molecule is CCOC1C=C(F)C=C(Br)C1C(C)C. The lowest BCUT2D eigenvalue weighted by Gasteiger charge is -2.30. The smallest absolute Gasteiger partial charge is 0.122 e. The van der Waals surface area contributed by atoms with E-state index in [1.807, 2.05) is 6.92 Å². The highest BCUT2D eigenvalue weighted by atomic mass is 79.9. The second-order valence-corrected chi connectivity index (χ2v) is 4.69. The second-order valence-electron chi connectivity index (χ2n) is 3.77. The molecule has 2 atom stereocenters. The molecule has 0 bridgehead atoms. The largest absolute Gasteiger partial charge is 0.374 e. The third-order valence-electron chi connectivity index (χ3n) is 2.35. The minimum Gasteiger partial charge on any atom is -0.374 e.